The fourth-order valence-electron chi connectivity index (χ4n) is 1.19. The van der Waals surface area contributed by atoms with Crippen molar-refractivity contribution in [3.8, 4) is 9.88 Å². The number of nitrogens with zero attached hydrogens (tertiary/aromatic N) is 1. The van der Waals surface area contributed by atoms with Crippen LogP contribution in [0.3, 0.4) is 0 Å². The standard InChI is InChI=1S/C10H11NS2/c1-2-4-8-7-13-10(11-8)9-5-3-6-12-9/h3,5-7H,2,4H2,1H3. The van der Waals surface area contributed by atoms with Gasteiger partial charge >= 0.3 is 0 Å². The van der Waals surface area contributed by atoms with Crippen molar-refractivity contribution in [1.29, 1.82) is 0 Å². The minimum absolute atomic E-state index is 1.10. The topological polar surface area (TPSA) is 12.9 Å². The van der Waals surface area contributed by atoms with Crippen molar-refractivity contribution in [3.63, 3.8) is 0 Å². The summed E-state index contributed by atoms with van der Waals surface area (Å²) in [5.41, 5.74) is 1.23. The number of hydrogen-bond acceptors (Lipinski definition) is 3. The van der Waals surface area contributed by atoms with Crippen LogP contribution in [-0.4, -0.2) is 4.98 Å². The second-order valence-corrected chi connectivity index (χ2v) is 4.68. The molecule has 0 aromatic carbocycles. The summed E-state index contributed by atoms with van der Waals surface area (Å²) in [6.45, 7) is 2.18. The molecule has 0 atom stereocenters. The Morgan fingerprint density at radius 1 is 1.38 bits per heavy atom. The van der Waals surface area contributed by atoms with Gasteiger partial charge in [-0.2, -0.15) is 0 Å². The van der Waals surface area contributed by atoms with Crippen LogP contribution >= 0.6 is 22.7 Å². The van der Waals surface area contributed by atoms with Crippen LogP contribution in [0, 0.1) is 0 Å². The lowest BCUT2D eigenvalue weighted by Gasteiger charge is -1.88. The summed E-state index contributed by atoms with van der Waals surface area (Å²) in [5.74, 6) is 0. The van der Waals surface area contributed by atoms with E-state index in [1.54, 1.807) is 22.7 Å². The van der Waals surface area contributed by atoms with Crippen molar-refractivity contribution >= 4 is 22.7 Å². The molecule has 0 fully saturated rings. The highest BCUT2D eigenvalue weighted by Gasteiger charge is 2.03. The van der Waals surface area contributed by atoms with E-state index in [1.165, 1.54) is 22.0 Å². The van der Waals surface area contributed by atoms with E-state index in [0.29, 0.717) is 0 Å². The van der Waals surface area contributed by atoms with Gasteiger partial charge in [-0.15, -0.1) is 22.7 Å². The second-order valence-electron chi connectivity index (χ2n) is 2.87. The molecule has 1 nitrogen and oxygen atoms in total. The van der Waals surface area contributed by atoms with Gasteiger partial charge in [-0.3, -0.25) is 0 Å². The van der Waals surface area contributed by atoms with Crippen molar-refractivity contribution in [2.45, 2.75) is 19.8 Å². The molecular weight excluding hydrogens is 198 g/mol. The predicted octanol–water partition coefficient (Wildman–Crippen LogP) is 3.82. The van der Waals surface area contributed by atoms with E-state index >= 15 is 0 Å². The smallest absolute Gasteiger partial charge is 0.133 e. The van der Waals surface area contributed by atoms with Crippen molar-refractivity contribution < 1.29 is 0 Å². The van der Waals surface area contributed by atoms with Crippen LogP contribution < -0.4 is 0 Å². The molecule has 2 heterocycles. The number of rotatable bonds is 3. The Morgan fingerprint density at radius 2 is 2.31 bits per heavy atom. The third-order valence-corrected chi connectivity index (χ3v) is 3.72. The van der Waals surface area contributed by atoms with Crippen LogP contribution in [0.1, 0.15) is 19.0 Å². The number of aromatic nitrogens is 1. The molecular formula is C10H11NS2. The molecule has 2 aromatic heterocycles. The maximum absolute atomic E-state index is 4.57. The van der Waals surface area contributed by atoms with Gasteiger partial charge in [0.2, 0.25) is 0 Å². The fourth-order valence-corrected chi connectivity index (χ4v) is 2.86. The molecule has 13 heavy (non-hydrogen) atoms. The van der Waals surface area contributed by atoms with Crippen molar-refractivity contribution in [2.75, 3.05) is 0 Å². The highest BCUT2D eigenvalue weighted by atomic mass is 32.1. The lowest BCUT2D eigenvalue weighted by molar-refractivity contribution is 0.894. The Bertz CT molecular complexity index is 362. The summed E-state index contributed by atoms with van der Waals surface area (Å²) in [5, 5.41) is 5.42. The van der Waals surface area contributed by atoms with Crippen LogP contribution in [0.15, 0.2) is 22.9 Å². The normalized spacial score (nSPS) is 10.5. The fraction of sp³-hybridized carbons (Fsp3) is 0.300. The van der Waals surface area contributed by atoms with E-state index in [0.717, 1.165) is 6.42 Å². The molecule has 2 rings (SSSR count). The van der Waals surface area contributed by atoms with Gasteiger partial charge in [0, 0.05) is 5.38 Å². The minimum atomic E-state index is 1.10. The Morgan fingerprint density at radius 3 is 3.00 bits per heavy atom. The van der Waals surface area contributed by atoms with Gasteiger partial charge in [-0.05, 0) is 17.9 Å². The first-order valence-electron chi connectivity index (χ1n) is 4.38. The molecule has 0 amide bonds. The number of thiazole rings is 1. The second kappa shape index (κ2) is 4.03. The van der Waals surface area contributed by atoms with Crippen LogP contribution in [0.4, 0.5) is 0 Å². The molecule has 2 aromatic rings. The maximum atomic E-state index is 4.57. The van der Waals surface area contributed by atoms with Crippen molar-refractivity contribution in [1.82, 2.24) is 4.98 Å². The molecule has 0 bridgehead atoms. The number of thiophene rings is 1. The van der Waals surface area contributed by atoms with Crippen LogP contribution in [-0.2, 0) is 6.42 Å². The Hall–Kier alpha value is -0.670. The molecule has 0 saturated heterocycles. The van der Waals surface area contributed by atoms with E-state index in [9.17, 15) is 0 Å². The lowest BCUT2D eigenvalue weighted by Crippen LogP contribution is -1.81. The zero-order valence-electron chi connectivity index (χ0n) is 7.49. The van der Waals surface area contributed by atoms with Gasteiger partial charge in [0.05, 0.1) is 10.6 Å². The van der Waals surface area contributed by atoms with E-state index in [4.69, 9.17) is 0 Å². The summed E-state index contributed by atoms with van der Waals surface area (Å²) in [4.78, 5) is 5.86. The Labute approximate surface area is 86.1 Å². The van der Waals surface area contributed by atoms with Crippen LogP contribution in [0.25, 0.3) is 9.88 Å². The summed E-state index contributed by atoms with van der Waals surface area (Å²) in [6, 6.07) is 4.19. The highest BCUT2D eigenvalue weighted by molar-refractivity contribution is 7.20. The molecule has 0 saturated carbocycles. The first-order chi connectivity index (χ1) is 6.40. The van der Waals surface area contributed by atoms with Gasteiger partial charge in [-0.25, -0.2) is 4.98 Å². The highest BCUT2D eigenvalue weighted by Crippen LogP contribution is 2.27. The van der Waals surface area contributed by atoms with E-state index in [2.05, 4.69) is 34.8 Å². The van der Waals surface area contributed by atoms with Gasteiger partial charge in [0.15, 0.2) is 0 Å². The van der Waals surface area contributed by atoms with Crippen LogP contribution in [0.2, 0.25) is 0 Å². The molecule has 68 valence electrons. The molecule has 0 N–H and O–H groups in total. The Balaban J connectivity index is 2.23. The lowest BCUT2D eigenvalue weighted by atomic mass is 10.3. The number of aryl methyl sites for hydroxylation is 1. The Kier molecular flexibility index (Phi) is 2.76. The maximum Gasteiger partial charge on any atom is 0.133 e. The molecule has 0 unspecified atom stereocenters. The largest absolute Gasteiger partial charge is 0.240 e. The summed E-state index contributed by atoms with van der Waals surface area (Å²) in [6.07, 6.45) is 2.27. The third kappa shape index (κ3) is 1.98. The summed E-state index contributed by atoms with van der Waals surface area (Å²) < 4.78 is 0. The molecule has 0 aliphatic heterocycles. The zero-order valence-corrected chi connectivity index (χ0v) is 9.12. The van der Waals surface area contributed by atoms with E-state index < -0.39 is 0 Å². The summed E-state index contributed by atoms with van der Waals surface area (Å²) >= 11 is 3.50. The van der Waals surface area contributed by atoms with Gasteiger partial charge in [0.25, 0.3) is 0 Å². The summed E-state index contributed by atoms with van der Waals surface area (Å²) in [7, 11) is 0. The molecule has 3 heteroatoms. The third-order valence-electron chi connectivity index (χ3n) is 1.79. The van der Waals surface area contributed by atoms with E-state index in [1.807, 2.05) is 0 Å². The molecule has 0 aliphatic rings. The van der Waals surface area contributed by atoms with Gasteiger partial charge in [-0.1, -0.05) is 19.4 Å². The SMILES string of the molecule is CCCc1csc(-c2cccs2)n1. The van der Waals surface area contributed by atoms with E-state index in [-0.39, 0.29) is 0 Å². The molecule has 0 radical (unpaired) electrons. The molecule has 0 spiro atoms. The van der Waals surface area contributed by atoms with Crippen molar-refractivity contribution in [2.24, 2.45) is 0 Å². The first-order valence-corrected chi connectivity index (χ1v) is 6.14. The predicted molar refractivity (Wildman–Crippen MR) is 59.4 cm³/mol. The quantitative estimate of drug-likeness (QED) is 0.748. The van der Waals surface area contributed by atoms with Crippen molar-refractivity contribution in [3.05, 3.63) is 28.6 Å². The first kappa shape index (κ1) is 8.91. The average molecular weight is 209 g/mol. The average Bonchev–Trinajstić information content (AvgIpc) is 2.70. The van der Waals surface area contributed by atoms with Gasteiger partial charge in [0.1, 0.15) is 5.01 Å². The molecule has 0 aliphatic carbocycles. The van der Waals surface area contributed by atoms with Crippen LogP contribution in [0.5, 0.6) is 0 Å². The van der Waals surface area contributed by atoms with Gasteiger partial charge < -0.3 is 0 Å². The monoisotopic (exact) mass is 209 g/mol. The zero-order chi connectivity index (χ0) is 9.10. The minimum Gasteiger partial charge on any atom is -0.240 e. The number of hydrogen-bond donors (Lipinski definition) is 0.